The van der Waals surface area contributed by atoms with Gasteiger partial charge in [0, 0.05) is 24.4 Å². The SMILES string of the molecule is CC(=O)Nc1ccc(NC(=O)/C=C/C=C/c2ccc3c(c2)OCO3)cc1. The van der Waals surface area contributed by atoms with Gasteiger partial charge in [-0.3, -0.25) is 9.59 Å². The molecular formula is C20H18N2O4. The van der Waals surface area contributed by atoms with Crippen LogP contribution in [0.2, 0.25) is 0 Å². The average molecular weight is 350 g/mol. The van der Waals surface area contributed by atoms with E-state index in [0.717, 1.165) is 17.1 Å². The Labute approximate surface area is 151 Å². The van der Waals surface area contributed by atoms with Crippen LogP contribution in [0.15, 0.2) is 60.7 Å². The van der Waals surface area contributed by atoms with Crippen molar-refractivity contribution in [3.8, 4) is 11.5 Å². The van der Waals surface area contributed by atoms with Crippen molar-refractivity contribution in [3.63, 3.8) is 0 Å². The lowest BCUT2D eigenvalue weighted by atomic mass is 10.2. The number of hydrogen-bond donors (Lipinski definition) is 2. The van der Waals surface area contributed by atoms with Crippen LogP contribution in [0.4, 0.5) is 11.4 Å². The molecule has 0 bridgehead atoms. The summed E-state index contributed by atoms with van der Waals surface area (Å²) in [5.41, 5.74) is 2.28. The fraction of sp³-hybridized carbons (Fsp3) is 0.100. The zero-order chi connectivity index (χ0) is 18.4. The van der Waals surface area contributed by atoms with E-state index < -0.39 is 0 Å². The Hall–Kier alpha value is -3.54. The number of rotatable bonds is 5. The monoisotopic (exact) mass is 350 g/mol. The van der Waals surface area contributed by atoms with Gasteiger partial charge in [-0.1, -0.05) is 24.3 Å². The highest BCUT2D eigenvalue weighted by molar-refractivity contribution is 5.99. The number of amides is 2. The van der Waals surface area contributed by atoms with Crippen LogP contribution in [-0.2, 0) is 9.59 Å². The Bertz CT molecular complexity index is 870. The molecule has 26 heavy (non-hydrogen) atoms. The lowest BCUT2D eigenvalue weighted by Crippen LogP contribution is -2.08. The zero-order valence-electron chi connectivity index (χ0n) is 14.2. The highest BCUT2D eigenvalue weighted by Crippen LogP contribution is 2.32. The van der Waals surface area contributed by atoms with Crippen molar-refractivity contribution in [1.29, 1.82) is 0 Å². The van der Waals surface area contributed by atoms with Crippen molar-refractivity contribution in [2.75, 3.05) is 17.4 Å². The molecule has 1 aliphatic heterocycles. The number of carbonyl (C=O) groups is 2. The summed E-state index contributed by atoms with van der Waals surface area (Å²) in [5.74, 6) is 1.07. The van der Waals surface area contributed by atoms with Crippen LogP contribution in [-0.4, -0.2) is 18.6 Å². The number of carbonyl (C=O) groups excluding carboxylic acids is 2. The molecule has 2 aromatic carbocycles. The normalized spacial score (nSPS) is 12.5. The molecule has 1 aliphatic rings. The first kappa shape index (κ1) is 17.3. The van der Waals surface area contributed by atoms with Crippen LogP contribution in [0.1, 0.15) is 12.5 Å². The van der Waals surface area contributed by atoms with Crippen LogP contribution in [0.5, 0.6) is 11.5 Å². The molecule has 2 N–H and O–H groups in total. The van der Waals surface area contributed by atoms with Crippen LogP contribution >= 0.6 is 0 Å². The summed E-state index contributed by atoms with van der Waals surface area (Å²) >= 11 is 0. The van der Waals surface area contributed by atoms with Gasteiger partial charge < -0.3 is 20.1 Å². The van der Waals surface area contributed by atoms with Crippen molar-refractivity contribution < 1.29 is 19.1 Å². The molecule has 0 fully saturated rings. The van der Waals surface area contributed by atoms with Gasteiger partial charge in [-0.25, -0.2) is 0 Å². The summed E-state index contributed by atoms with van der Waals surface area (Å²) in [5, 5.41) is 5.41. The number of nitrogens with one attached hydrogen (secondary N) is 2. The van der Waals surface area contributed by atoms with E-state index in [1.807, 2.05) is 24.3 Å². The van der Waals surface area contributed by atoms with Crippen molar-refractivity contribution in [1.82, 2.24) is 0 Å². The Morgan fingerprint density at radius 3 is 2.35 bits per heavy atom. The third-order valence-corrected chi connectivity index (χ3v) is 3.52. The van der Waals surface area contributed by atoms with Gasteiger partial charge in [0.1, 0.15) is 0 Å². The minimum Gasteiger partial charge on any atom is -0.454 e. The Kier molecular flexibility index (Phi) is 5.34. The lowest BCUT2D eigenvalue weighted by molar-refractivity contribution is -0.114. The van der Waals surface area contributed by atoms with E-state index in [2.05, 4.69) is 10.6 Å². The summed E-state index contributed by atoms with van der Waals surface area (Å²) in [6.07, 6.45) is 6.74. The van der Waals surface area contributed by atoms with Crippen molar-refractivity contribution in [2.24, 2.45) is 0 Å². The summed E-state index contributed by atoms with van der Waals surface area (Å²) in [7, 11) is 0. The van der Waals surface area contributed by atoms with Gasteiger partial charge in [0.15, 0.2) is 11.5 Å². The third kappa shape index (κ3) is 4.73. The van der Waals surface area contributed by atoms with Crippen LogP contribution in [0, 0.1) is 0 Å². The van der Waals surface area contributed by atoms with Gasteiger partial charge >= 0.3 is 0 Å². The van der Waals surface area contributed by atoms with E-state index in [0.29, 0.717) is 11.4 Å². The summed E-state index contributed by atoms with van der Waals surface area (Å²) in [4.78, 5) is 22.9. The molecule has 0 spiro atoms. The summed E-state index contributed by atoms with van der Waals surface area (Å²) < 4.78 is 10.6. The lowest BCUT2D eigenvalue weighted by Gasteiger charge is -2.04. The first-order valence-corrected chi connectivity index (χ1v) is 8.03. The maximum absolute atomic E-state index is 11.9. The van der Waals surface area contributed by atoms with Crippen molar-refractivity contribution in [3.05, 3.63) is 66.3 Å². The second-order valence-electron chi connectivity index (χ2n) is 5.58. The molecule has 0 saturated heterocycles. The van der Waals surface area contributed by atoms with E-state index in [-0.39, 0.29) is 18.6 Å². The molecule has 6 heteroatoms. The fourth-order valence-electron chi connectivity index (χ4n) is 2.35. The predicted octanol–water partition coefficient (Wildman–Crippen LogP) is 3.58. The molecule has 0 atom stereocenters. The number of hydrogen-bond acceptors (Lipinski definition) is 4. The fourth-order valence-corrected chi connectivity index (χ4v) is 2.35. The van der Waals surface area contributed by atoms with Gasteiger partial charge in [0.05, 0.1) is 0 Å². The van der Waals surface area contributed by atoms with Gasteiger partial charge in [0.25, 0.3) is 0 Å². The van der Waals surface area contributed by atoms with E-state index in [1.165, 1.54) is 13.0 Å². The molecule has 2 aromatic rings. The maximum Gasteiger partial charge on any atom is 0.248 e. The first-order chi connectivity index (χ1) is 12.6. The summed E-state index contributed by atoms with van der Waals surface area (Å²) in [6, 6.07) is 12.5. The maximum atomic E-state index is 11.9. The summed E-state index contributed by atoms with van der Waals surface area (Å²) in [6.45, 7) is 1.69. The molecule has 0 aromatic heterocycles. The van der Waals surface area contributed by atoms with E-state index in [4.69, 9.17) is 9.47 Å². The molecule has 1 heterocycles. The highest BCUT2D eigenvalue weighted by atomic mass is 16.7. The molecule has 132 valence electrons. The minimum atomic E-state index is -0.243. The number of ether oxygens (including phenoxy) is 2. The van der Waals surface area contributed by atoms with E-state index in [9.17, 15) is 9.59 Å². The number of fused-ring (bicyclic) bond motifs is 1. The van der Waals surface area contributed by atoms with Gasteiger partial charge in [-0.05, 0) is 42.0 Å². The molecule has 3 rings (SSSR count). The van der Waals surface area contributed by atoms with Crippen LogP contribution in [0.25, 0.3) is 6.08 Å². The highest BCUT2D eigenvalue weighted by Gasteiger charge is 2.11. The van der Waals surface area contributed by atoms with Crippen molar-refractivity contribution >= 4 is 29.3 Å². The molecular weight excluding hydrogens is 332 g/mol. The third-order valence-electron chi connectivity index (χ3n) is 3.52. The Morgan fingerprint density at radius 2 is 1.62 bits per heavy atom. The topological polar surface area (TPSA) is 76.7 Å². The molecule has 0 aliphatic carbocycles. The first-order valence-electron chi connectivity index (χ1n) is 8.03. The standard InChI is InChI=1S/C20H18N2O4/c1-14(23)21-16-7-9-17(10-8-16)22-20(24)5-3-2-4-15-6-11-18-19(12-15)26-13-25-18/h2-12H,13H2,1H3,(H,21,23)(H,22,24)/b4-2+,5-3+. The second kappa shape index (κ2) is 8.02. The quantitative estimate of drug-likeness (QED) is 0.638. The minimum absolute atomic E-state index is 0.140. The molecule has 0 unspecified atom stereocenters. The van der Waals surface area contributed by atoms with Gasteiger partial charge in [0.2, 0.25) is 18.6 Å². The molecule has 0 radical (unpaired) electrons. The largest absolute Gasteiger partial charge is 0.454 e. The Balaban J connectivity index is 1.52. The average Bonchev–Trinajstić information content (AvgIpc) is 3.08. The van der Waals surface area contributed by atoms with Crippen LogP contribution in [0.3, 0.4) is 0 Å². The smallest absolute Gasteiger partial charge is 0.248 e. The second-order valence-corrected chi connectivity index (χ2v) is 5.58. The number of benzene rings is 2. The Morgan fingerprint density at radius 1 is 0.923 bits per heavy atom. The molecule has 2 amide bonds. The van der Waals surface area contributed by atoms with E-state index >= 15 is 0 Å². The predicted molar refractivity (Wildman–Crippen MR) is 100 cm³/mol. The molecule has 0 saturated carbocycles. The number of anilines is 2. The molecule has 6 nitrogen and oxygen atoms in total. The van der Waals surface area contributed by atoms with Gasteiger partial charge in [-0.15, -0.1) is 0 Å². The zero-order valence-corrected chi connectivity index (χ0v) is 14.2. The van der Waals surface area contributed by atoms with Crippen molar-refractivity contribution in [2.45, 2.75) is 6.92 Å². The number of allylic oxidation sites excluding steroid dienone is 2. The van der Waals surface area contributed by atoms with Gasteiger partial charge in [-0.2, -0.15) is 0 Å². The van der Waals surface area contributed by atoms with Crippen LogP contribution < -0.4 is 20.1 Å². The van der Waals surface area contributed by atoms with E-state index in [1.54, 1.807) is 36.4 Å².